The van der Waals surface area contributed by atoms with E-state index in [2.05, 4.69) is 9.97 Å². The molecule has 0 radical (unpaired) electrons. The Labute approximate surface area is 414 Å². The minimum Gasteiger partial charge on any atom is -0.256 e. The van der Waals surface area contributed by atoms with Crippen LogP contribution in [0.2, 0.25) is 0 Å². The zero-order chi connectivity index (χ0) is 53.1. The first-order chi connectivity index (χ1) is 36.5. The van der Waals surface area contributed by atoms with Crippen molar-refractivity contribution in [2.75, 3.05) is 0 Å². The highest BCUT2D eigenvalue weighted by Crippen LogP contribution is 2.42. The molecular weight excluding hydrogens is 875 g/mol. The minimum atomic E-state index is -2.53. The third-order valence-corrected chi connectivity index (χ3v) is 12.6. The molecule has 0 aliphatic carbocycles. The van der Waals surface area contributed by atoms with Crippen LogP contribution in [0, 0.1) is 37.0 Å². The molecule has 3 heterocycles. The van der Waals surface area contributed by atoms with E-state index in [0.717, 1.165) is 28.3 Å². The smallest absolute Gasteiger partial charge is 0.134 e. The quantitative estimate of drug-likeness (QED) is 0.108. The summed E-state index contributed by atoms with van der Waals surface area (Å²) in [5, 5.41) is 0. The zero-order valence-corrected chi connectivity index (χ0v) is 37.7. The van der Waals surface area contributed by atoms with Crippen LogP contribution in [0.5, 0.6) is 0 Å². The Morgan fingerprint density at radius 1 is 0.357 bits per heavy atom. The van der Waals surface area contributed by atoms with Crippen molar-refractivity contribution in [3.8, 4) is 78.3 Å². The maximum absolute atomic E-state index is 17.1. The molecule has 7 heteroatoms. The number of hydrogen-bond donors (Lipinski definition) is 0. The first-order valence-corrected chi connectivity index (χ1v) is 22.9. The van der Waals surface area contributed by atoms with Gasteiger partial charge in [0.15, 0.2) is 0 Å². The van der Waals surface area contributed by atoms with Crippen molar-refractivity contribution in [1.29, 1.82) is 0 Å². The summed E-state index contributed by atoms with van der Waals surface area (Å²) in [4.78, 5) is 14.0. The van der Waals surface area contributed by atoms with E-state index < -0.39 is 37.0 Å². The summed E-state index contributed by atoms with van der Waals surface area (Å²) in [5.74, 6) is -2.50. The molecule has 10 aromatic rings. The van der Waals surface area contributed by atoms with E-state index in [1.54, 1.807) is 6.20 Å². The van der Waals surface area contributed by atoms with Gasteiger partial charge in [-0.05, 0) is 179 Å². The molecule has 7 aromatic carbocycles. The third-order valence-electron chi connectivity index (χ3n) is 12.6. The molecule has 3 nitrogen and oxygen atoms in total. The van der Waals surface area contributed by atoms with E-state index in [1.165, 1.54) is 79.1 Å². The van der Waals surface area contributed by atoms with Gasteiger partial charge in [-0.25, -0.2) is 17.6 Å². The van der Waals surface area contributed by atoms with Gasteiger partial charge in [0.2, 0.25) is 0 Å². The molecule has 10 rings (SSSR count). The van der Waals surface area contributed by atoms with Crippen molar-refractivity contribution in [2.45, 2.75) is 39.4 Å². The van der Waals surface area contributed by atoms with Crippen molar-refractivity contribution in [2.24, 2.45) is 0 Å². The maximum atomic E-state index is 17.1. The number of benzene rings is 7. The Balaban J connectivity index is 1.09. The van der Waals surface area contributed by atoms with E-state index in [1.807, 2.05) is 109 Å². The van der Waals surface area contributed by atoms with E-state index in [0.29, 0.717) is 67.2 Å². The number of halogens is 4. The van der Waals surface area contributed by atoms with Gasteiger partial charge >= 0.3 is 0 Å². The molecule has 0 saturated heterocycles. The normalized spacial score (nSPS) is 12.9. The Morgan fingerprint density at radius 3 is 1.36 bits per heavy atom. The van der Waals surface area contributed by atoms with Crippen LogP contribution in [0.3, 0.4) is 0 Å². The second-order valence-corrected chi connectivity index (χ2v) is 17.2. The monoisotopic (exact) mass is 927 g/mol. The lowest BCUT2D eigenvalue weighted by molar-refractivity contribution is 0.586. The molecule has 0 unspecified atom stereocenters. The molecular formula is C63H47F4N3. The maximum Gasteiger partial charge on any atom is 0.134 e. The largest absolute Gasteiger partial charge is 0.256 e. The van der Waals surface area contributed by atoms with Crippen LogP contribution in [-0.2, 0) is 25.7 Å². The Hall–Kier alpha value is -8.29. The second-order valence-electron chi connectivity index (χ2n) is 17.2. The fraction of sp³-hybridized carbons (Fsp3) is 0.0952. The van der Waals surface area contributed by atoms with Crippen molar-refractivity contribution in [3.63, 3.8) is 0 Å². The summed E-state index contributed by atoms with van der Waals surface area (Å²) < 4.78 is 112. The number of nitrogens with zero attached hydrogens (tertiary/aromatic N) is 3. The van der Waals surface area contributed by atoms with Gasteiger partial charge in [0, 0.05) is 60.7 Å². The molecule has 0 aliphatic heterocycles. The molecule has 0 fully saturated rings. The number of hydrogen-bond acceptors (Lipinski definition) is 3. The number of aryl methyl sites for hydroxylation is 6. The zero-order valence-electron chi connectivity index (χ0n) is 43.7. The first kappa shape index (κ1) is 38.7. The topological polar surface area (TPSA) is 38.7 Å². The van der Waals surface area contributed by atoms with Crippen molar-refractivity contribution < 1.29 is 25.8 Å². The molecule has 0 spiro atoms. The standard InChI is InChI=1S/C63H47F4N3/c1-40-29-60(48-21-25-53(64)26-22-48)68-37-50(40)15-13-42-31-43(14-16-51-38-69-61(30-41(51)2)49-23-27-54(65)28-24-49)33-52(32-42)57-34-55(66)35-59(67)63(57)58-39-70-62(47-11-7-4-8-12-47)36-56(58)46-19-17-45(18-20-46)44-9-5-3-6-10-44/h3-12,17-39H,13-16H2,1-2H3/i1D3,2D3. The van der Waals surface area contributed by atoms with E-state index in [9.17, 15) is 8.78 Å². The van der Waals surface area contributed by atoms with E-state index in [4.69, 9.17) is 13.2 Å². The van der Waals surface area contributed by atoms with Crippen LogP contribution in [0.1, 0.15) is 41.6 Å². The highest BCUT2D eigenvalue weighted by Gasteiger charge is 2.22. The van der Waals surface area contributed by atoms with Crippen LogP contribution in [0.25, 0.3) is 78.3 Å². The summed E-state index contributed by atoms with van der Waals surface area (Å²) in [6, 6.07) is 51.4. The van der Waals surface area contributed by atoms with Crippen LogP contribution in [0.15, 0.2) is 201 Å². The number of rotatable bonds is 13. The average molecular weight is 928 g/mol. The molecule has 0 atom stereocenters. The van der Waals surface area contributed by atoms with Gasteiger partial charge in [-0.3, -0.25) is 15.0 Å². The summed E-state index contributed by atoms with van der Waals surface area (Å²) in [5.41, 5.74) is 10.5. The van der Waals surface area contributed by atoms with Crippen LogP contribution in [-0.4, -0.2) is 15.0 Å². The molecule has 0 aliphatic rings. The van der Waals surface area contributed by atoms with Gasteiger partial charge < -0.3 is 0 Å². The predicted molar refractivity (Wildman–Crippen MR) is 275 cm³/mol. The fourth-order valence-electron chi connectivity index (χ4n) is 8.90. The summed E-state index contributed by atoms with van der Waals surface area (Å²) in [7, 11) is 0. The predicted octanol–water partition coefficient (Wildman–Crippen LogP) is 16.3. The van der Waals surface area contributed by atoms with Gasteiger partial charge in [0.05, 0.1) is 17.1 Å². The summed E-state index contributed by atoms with van der Waals surface area (Å²) in [6.07, 6.45) is 5.62. The Morgan fingerprint density at radius 2 is 0.814 bits per heavy atom. The fourth-order valence-corrected chi connectivity index (χ4v) is 8.90. The summed E-state index contributed by atoms with van der Waals surface area (Å²) in [6.45, 7) is -5.06. The molecule has 0 N–H and O–H groups in total. The van der Waals surface area contributed by atoms with Crippen molar-refractivity contribution in [1.82, 2.24) is 15.0 Å². The highest BCUT2D eigenvalue weighted by atomic mass is 19.1. The van der Waals surface area contributed by atoms with Gasteiger partial charge in [-0.15, -0.1) is 0 Å². The molecule has 0 amide bonds. The van der Waals surface area contributed by atoms with Crippen LogP contribution < -0.4 is 0 Å². The van der Waals surface area contributed by atoms with Crippen molar-refractivity contribution in [3.05, 3.63) is 257 Å². The minimum absolute atomic E-state index is 0.0808. The van der Waals surface area contributed by atoms with Crippen LogP contribution in [0.4, 0.5) is 17.6 Å². The van der Waals surface area contributed by atoms with E-state index in [-0.39, 0.29) is 47.9 Å². The van der Waals surface area contributed by atoms with Crippen molar-refractivity contribution >= 4 is 0 Å². The molecule has 342 valence electrons. The number of pyridine rings is 3. The first-order valence-electron chi connectivity index (χ1n) is 25.9. The van der Waals surface area contributed by atoms with E-state index >= 15 is 8.78 Å². The molecule has 3 aromatic heterocycles. The lowest BCUT2D eigenvalue weighted by atomic mass is 9.87. The lowest BCUT2D eigenvalue weighted by Gasteiger charge is -2.19. The molecule has 0 saturated carbocycles. The Kier molecular flexibility index (Phi) is 11.1. The molecule has 70 heavy (non-hydrogen) atoms. The second kappa shape index (κ2) is 20.1. The van der Waals surface area contributed by atoms with Crippen LogP contribution >= 0.6 is 0 Å². The average Bonchev–Trinajstić information content (AvgIpc) is 3.43. The third kappa shape index (κ3) is 10.1. The molecule has 0 bridgehead atoms. The SMILES string of the molecule is [2H]C([2H])([2H])c1cc(-c2ccc(F)cc2)ncc1CCc1cc(CCc2cnc(-c3ccc(F)cc3)cc2C([2H])([2H])[2H])cc(-c2cc(F)cc(F)c2-c2cnc(-c3ccccc3)cc2-c2ccc(-c3ccccc3)cc2)c1. The highest BCUT2D eigenvalue weighted by molar-refractivity contribution is 5.93. The Bertz CT molecular complexity index is 3570. The van der Waals surface area contributed by atoms with Gasteiger partial charge in [0.25, 0.3) is 0 Å². The van der Waals surface area contributed by atoms with Gasteiger partial charge in [0.1, 0.15) is 23.3 Å². The van der Waals surface area contributed by atoms with Gasteiger partial charge in [-0.1, -0.05) is 103 Å². The number of aromatic nitrogens is 3. The summed E-state index contributed by atoms with van der Waals surface area (Å²) >= 11 is 0. The van der Waals surface area contributed by atoms with Gasteiger partial charge in [-0.2, -0.15) is 0 Å². The lowest BCUT2D eigenvalue weighted by Crippen LogP contribution is -2.02.